The van der Waals surface area contributed by atoms with Gasteiger partial charge >= 0.3 is 6.09 Å². The Morgan fingerprint density at radius 1 is 1.22 bits per heavy atom. The van der Waals surface area contributed by atoms with E-state index >= 15 is 0 Å². The molecule has 0 unspecified atom stereocenters. The van der Waals surface area contributed by atoms with E-state index in [9.17, 15) is 4.79 Å². The lowest BCUT2D eigenvalue weighted by Gasteiger charge is -2.10. The van der Waals surface area contributed by atoms with E-state index < -0.39 is 6.09 Å². The highest BCUT2D eigenvalue weighted by molar-refractivity contribution is 6.00. The Kier molecular flexibility index (Phi) is 4.68. The topological polar surface area (TPSA) is 65.8 Å². The lowest BCUT2D eigenvalue weighted by Crippen LogP contribution is -2.26. The summed E-state index contributed by atoms with van der Waals surface area (Å²) in [5.74, 6) is 1.34. The molecule has 0 radical (unpaired) electrons. The van der Waals surface area contributed by atoms with Gasteiger partial charge in [-0.25, -0.2) is 4.79 Å². The molecule has 1 fully saturated rings. The molecule has 1 amide bonds. The minimum atomic E-state index is -0.401. The number of methoxy groups -OCH3 is 1. The smallest absolute Gasteiger partial charge is 0.416 e. The summed E-state index contributed by atoms with van der Waals surface area (Å²) in [5, 5.41) is 5.40. The Bertz CT molecular complexity index is 955. The van der Waals surface area contributed by atoms with Crippen LogP contribution in [0.2, 0.25) is 0 Å². The van der Waals surface area contributed by atoms with Crippen LogP contribution >= 0.6 is 0 Å². The fraction of sp³-hybridized carbons (Fsp3) is 0.300. The van der Waals surface area contributed by atoms with Gasteiger partial charge in [0.15, 0.2) is 5.82 Å². The second-order valence-corrected chi connectivity index (χ2v) is 6.47. The molecule has 140 valence electrons. The molecule has 2 aromatic carbocycles. The van der Waals surface area contributed by atoms with E-state index in [4.69, 9.17) is 14.2 Å². The third kappa shape index (κ3) is 3.46. The number of aryl methyl sites for hydroxylation is 1. The van der Waals surface area contributed by atoms with Gasteiger partial charge in [-0.1, -0.05) is 30.3 Å². The highest BCUT2D eigenvalue weighted by Gasteiger charge is 2.35. The number of hydrogen-bond donors (Lipinski definition) is 0. The predicted octanol–water partition coefficient (Wildman–Crippen LogP) is 3.12. The second kappa shape index (κ2) is 7.28. The third-order valence-corrected chi connectivity index (χ3v) is 4.53. The Hall–Kier alpha value is -3.06. The van der Waals surface area contributed by atoms with Gasteiger partial charge in [0.25, 0.3) is 0 Å². The van der Waals surface area contributed by atoms with Crippen molar-refractivity contribution in [2.75, 3.05) is 25.2 Å². The summed E-state index contributed by atoms with van der Waals surface area (Å²) in [7, 11) is 3.44. The standard InChI is InChI=1S/C20H21N3O4/c1-22-18-10-15(26-12-14-6-4-3-5-7-14)8-9-17(18)19(21-22)23-11-16(13-25-2)27-20(23)24/h3-10,16H,11-13H2,1-2H3/t16-/m0/s1. The number of rotatable bonds is 6. The van der Waals surface area contributed by atoms with Gasteiger partial charge in [-0.15, -0.1) is 0 Å². The summed E-state index contributed by atoms with van der Waals surface area (Å²) in [4.78, 5) is 13.8. The van der Waals surface area contributed by atoms with Crippen molar-refractivity contribution in [3.63, 3.8) is 0 Å². The first-order valence-corrected chi connectivity index (χ1v) is 8.76. The normalized spacial score (nSPS) is 16.7. The molecule has 27 heavy (non-hydrogen) atoms. The number of fused-ring (bicyclic) bond motifs is 1. The quantitative estimate of drug-likeness (QED) is 0.670. The summed E-state index contributed by atoms with van der Waals surface area (Å²) in [6, 6.07) is 15.8. The van der Waals surface area contributed by atoms with Gasteiger partial charge in [0.1, 0.15) is 18.5 Å². The average Bonchev–Trinajstić information content (AvgIpc) is 3.20. The molecule has 1 atom stereocenters. The number of carbonyl (C=O) groups is 1. The maximum Gasteiger partial charge on any atom is 0.416 e. The molecule has 1 aliphatic rings. The van der Waals surface area contributed by atoms with Crippen molar-refractivity contribution in [3.8, 4) is 5.75 Å². The van der Waals surface area contributed by atoms with Crippen LogP contribution in [0.15, 0.2) is 48.5 Å². The zero-order valence-corrected chi connectivity index (χ0v) is 15.3. The van der Waals surface area contributed by atoms with E-state index in [-0.39, 0.29) is 6.10 Å². The van der Waals surface area contributed by atoms with Gasteiger partial charge in [0.05, 0.1) is 18.7 Å². The maximum absolute atomic E-state index is 12.2. The summed E-state index contributed by atoms with van der Waals surface area (Å²) >= 11 is 0. The molecule has 0 saturated carbocycles. The number of cyclic esters (lactones) is 1. The lowest BCUT2D eigenvalue weighted by molar-refractivity contribution is 0.0718. The average molecular weight is 367 g/mol. The van der Waals surface area contributed by atoms with Crippen LogP contribution in [0.3, 0.4) is 0 Å². The zero-order valence-electron chi connectivity index (χ0n) is 15.3. The van der Waals surface area contributed by atoms with Crippen LogP contribution < -0.4 is 9.64 Å². The van der Waals surface area contributed by atoms with Crippen LogP contribution in [0.4, 0.5) is 10.6 Å². The number of hydrogen-bond acceptors (Lipinski definition) is 5. The molecule has 1 aromatic heterocycles. The SMILES string of the molecule is COC[C@@H]1CN(c2nn(C)c3cc(OCc4ccccc4)ccc23)C(=O)O1. The van der Waals surface area contributed by atoms with Gasteiger partial charge in [-0.3, -0.25) is 9.58 Å². The molecule has 2 heterocycles. The minimum Gasteiger partial charge on any atom is -0.489 e. The van der Waals surface area contributed by atoms with Crippen LogP contribution in [0, 0.1) is 0 Å². The molecule has 1 aliphatic heterocycles. The second-order valence-electron chi connectivity index (χ2n) is 6.47. The van der Waals surface area contributed by atoms with Crippen LogP contribution in [-0.4, -0.2) is 42.2 Å². The van der Waals surface area contributed by atoms with Crippen molar-refractivity contribution in [1.29, 1.82) is 0 Å². The largest absolute Gasteiger partial charge is 0.489 e. The van der Waals surface area contributed by atoms with Gasteiger partial charge in [-0.2, -0.15) is 5.10 Å². The van der Waals surface area contributed by atoms with Crippen LogP contribution in [-0.2, 0) is 23.1 Å². The minimum absolute atomic E-state index is 0.284. The summed E-state index contributed by atoms with van der Waals surface area (Å²) in [5.41, 5.74) is 1.99. The van der Waals surface area contributed by atoms with Crippen LogP contribution in [0.1, 0.15) is 5.56 Å². The summed E-state index contributed by atoms with van der Waals surface area (Å²) in [6.07, 6.45) is -0.686. The monoisotopic (exact) mass is 367 g/mol. The van der Waals surface area contributed by atoms with E-state index in [0.29, 0.717) is 25.6 Å². The van der Waals surface area contributed by atoms with E-state index in [0.717, 1.165) is 22.2 Å². The molecule has 0 spiro atoms. The molecular formula is C20H21N3O4. The van der Waals surface area contributed by atoms with Crippen LogP contribution in [0.5, 0.6) is 5.75 Å². The first-order valence-electron chi connectivity index (χ1n) is 8.76. The lowest BCUT2D eigenvalue weighted by atomic mass is 10.2. The number of anilines is 1. The van der Waals surface area contributed by atoms with Crippen molar-refractivity contribution in [3.05, 3.63) is 54.1 Å². The van der Waals surface area contributed by atoms with Crippen molar-refractivity contribution in [2.45, 2.75) is 12.7 Å². The molecule has 0 bridgehead atoms. The molecule has 4 rings (SSSR count). The highest BCUT2D eigenvalue weighted by atomic mass is 16.6. The molecule has 3 aromatic rings. The Morgan fingerprint density at radius 3 is 2.81 bits per heavy atom. The molecule has 0 aliphatic carbocycles. The Labute approximate surface area is 157 Å². The Morgan fingerprint density at radius 2 is 2.04 bits per heavy atom. The summed E-state index contributed by atoms with van der Waals surface area (Å²) in [6.45, 7) is 1.28. The number of carbonyl (C=O) groups excluding carboxylic acids is 1. The number of amides is 1. The highest BCUT2D eigenvalue weighted by Crippen LogP contribution is 2.31. The van der Waals surface area contributed by atoms with E-state index in [1.54, 1.807) is 16.7 Å². The van der Waals surface area contributed by atoms with Crippen molar-refractivity contribution < 1.29 is 19.0 Å². The maximum atomic E-state index is 12.2. The van der Waals surface area contributed by atoms with E-state index in [1.807, 2.05) is 55.6 Å². The van der Waals surface area contributed by atoms with Crippen LogP contribution in [0.25, 0.3) is 10.9 Å². The first kappa shape index (κ1) is 17.4. The number of aromatic nitrogens is 2. The van der Waals surface area contributed by atoms with Crippen molar-refractivity contribution in [1.82, 2.24) is 9.78 Å². The third-order valence-electron chi connectivity index (χ3n) is 4.53. The molecule has 0 N–H and O–H groups in total. The molecule has 7 nitrogen and oxygen atoms in total. The fourth-order valence-electron chi connectivity index (χ4n) is 3.22. The van der Waals surface area contributed by atoms with Gasteiger partial charge in [-0.05, 0) is 17.7 Å². The van der Waals surface area contributed by atoms with E-state index in [2.05, 4.69) is 5.10 Å². The summed E-state index contributed by atoms with van der Waals surface area (Å²) < 4.78 is 18.1. The predicted molar refractivity (Wildman–Crippen MR) is 101 cm³/mol. The van der Waals surface area contributed by atoms with E-state index in [1.165, 1.54) is 0 Å². The fourth-order valence-corrected chi connectivity index (χ4v) is 3.22. The molecular weight excluding hydrogens is 346 g/mol. The number of benzene rings is 2. The number of nitrogens with zero attached hydrogens (tertiary/aromatic N) is 3. The molecule has 7 heteroatoms. The van der Waals surface area contributed by atoms with Gasteiger partial charge < -0.3 is 14.2 Å². The van der Waals surface area contributed by atoms with Crippen molar-refractivity contribution >= 4 is 22.8 Å². The Balaban J connectivity index is 1.57. The molecule has 1 saturated heterocycles. The number of ether oxygens (including phenoxy) is 3. The zero-order chi connectivity index (χ0) is 18.8. The van der Waals surface area contributed by atoms with Gasteiger partial charge in [0, 0.05) is 25.6 Å². The van der Waals surface area contributed by atoms with Crippen molar-refractivity contribution in [2.24, 2.45) is 7.05 Å². The first-order chi connectivity index (χ1) is 13.2. The van der Waals surface area contributed by atoms with Gasteiger partial charge in [0.2, 0.25) is 0 Å².